The van der Waals surface area contributed by atoms with E-state index in [1.165, 1.54) is 18.7 Å². The highest BCUT2D eigenvalue weighted by Crippen LogP contribution is 2.21. The second kappa shape index (κ2) is 4.61. The van der Waals surface area contributed by atoms with Gasteiger partial charge in [-0.15, -0.1) is 0 Å². The van der Waals surface area contributed by atoms with Gasteiger partial charge in [-0.1, -0.05) is 6.92 Å². The fourth-order valence-corrected chi connectivity index (χ4v) is 1.14. The molecule has 0 spiro atoms. The molecule has 2 N–H and O–H groups in total. The van der Waals surface area contributed by atoms with E-state index in [1.807, 2.05) is 6.92 Å². The quantitative estimate of drug-likeness (QED) is 0.840. The van der Waals surface area contributed by atoms with Crippen LogP contribution in [-0.4, -0.2) is 21.6 Å². The molecule has 0 saturated heterocycles. The molecule has 0 aliphatic rings. The van der Waals surface area contributed by atoms with Gasteiger partial charge in [0.2, 0.25) is 5.82 Å². The summed E-state index contributed by atoms with van der Waals surface area (Å²) in [6, 6.07) is 0. The van der Waals surface area contributed by atoms with Crippen molar-refractivity contribution in [3.05, 3.63) is 18.7 Å². The third kappa shape index (κ3) is 2.10. The highest BCUT2D eigenvalue weighted by molar-refractivity contribution is 5.51. The summed E-state index contributed by atoms with van der Waals surface area (Å²) >= 11 is 0. The van der Waals surface area contributed by atoms with Crippen molar-refractivity contribution >= 4 is 5.82 Å². The number of oxazole rings is 1. The number of nitrogens with two attached hydrogens (primary N) is 1. The monoisotopic (exact) mass is 220 g/mol. The number of nitrogens with zero attached hydrogens (tertiary/aromatic N) is 3. The SMILES string of the molecule is CCCOc1cnc(-c2ncco2)nc1N. The molecule has 6 nitrogen and oxygen atoms in total. The highest BCUT2D eigenvalue weighted by atomic mass is 16.5. The van der Waals surface area contributed by atoms with Gasteiger partial charge in [-0.05, 0) is 6.42 Å². The van der Waals surface area contributed by atoms with Crippen LogP contribution < -0.4 is 10.5 Å². The zero-order chi connectivity index (χ0) is 11.4. The first-order chi connectivity index (χ1) is 7.81. The Kier molecular flexibility index (Phi) is 3.00. The van der Waals surface area contributed by atoms with Crippen LogP contribution in [0.3, 0.4) is 0 Å². The molecule has 6 heteroatoms. The van der Waals surface area contributed by atoms with Gasteiger partial charge in [0, 0.05) is 0 Å². The summed E-state index contributed by atoms with van der Waals surface area (Å²) in [5.41, 5.74) is 5.72. The Bertz CT molecular complexity index is 456. The summed E-state index contributed by atoms with van der Waals surface area (Å²) in [6.07, 6.45) is 5.41. The van der Waals surface area contributed by atoms with E-state index in [0.717, 1.165) is 6.42 Å². The van der Waals surface area contributed by atoms with Crippen molar-refractivity contribution in [2.45, 2.75) is 13.3 Å². The molecular weight excluding hydrogens is 208 g/mol. The molecule has 2 aromatic rings. The lowest BCUT2D eigenvalue weighted by molar-refractivity contribution is 0.317. The summed E-state index contributed by atoms with van der Waals surface area (Å²) < 4.78 is 10.4. The molecule has 2 aromatic heterocycles. The van der Waals surface area contributed by atoms with E-state index >= 15 is 0 Å². The van der Waals surface area contributed by atoms with Gasteiger partial charge in [0.1, 0.15) is 6.26 Å². The van der Waals surface area contributed by atoms with Crippen molar-refractivity contribution in [2.75, 3.05) is 12.3 Å². The van der Waals surface area contributed by atoms with Crippen molar-refractivity contribution in [1.29, 1.82) is 0 Å². The first-order valence-electron chi connectivity index (χ1n) is 4.96. The Hall–Kier alpha value is -2.11. The predicted molar refractivity (Wildman–Crippen MR) is 57.7 cm³/mol. The summed E-state index contributed by atoms with van der Waals surface area (Å²) in [7, 11) is 0. The van der Waals surface area contributed by atoms with Gasteiger partial charge in [0.05, 0.1) is 19.0 Å². The maximum absolute atomic E-state index is 5.72. The molecule has 0 saturated carbocycles. The fourth-order valence-electron chi connectivity index (χ4n) is 1.14. The number of hydrogen-bond donors (Lipinski definition) is 1. The Labute approximate surface area is 92.5 Å². The lowest BCUT2D eigenvalue weighted by Crippen LogP contribution is -2.03. The molecule has 0 radical (unpaired) electrons. The van der Waals surface area contributed by atoms with E-state index in [9.17, 15) is 0 Å². The van der Waals surface area contributed by atoms with Gasteiger partial charge in [0.15, 0.2) is 11.6 Å². The molecule has 0 atom stereocenters. The summed E-state index contributed by atoms with van der Waals surface area (Å²) in [4.78, 5) is 12.0. The molecule has 84 valence electrons. The number of anilines is 1. The van der Waals surface area contributed by atoms with E-state index in [0.29, 0.717) is 24.1 Å². The Balaban J connectivity index is 2.23. The molecule has 2 rings (SSSR count). The molecule has 0 aromatic carbocycles. The van der Waals surface area contributed by atoms with Crippen LogP contribution in [0, 0.1) is 0 Å². The standard InChI is InChI=1S/C10H12N4O2/c1-2-4-15-7-6-13-9(14-8(7)11)10-12-3-5-16-10/h3,5-6H,2,4H2,1H3,(H2,11,13,14). The van der Waals surface area contributed by atoms with Crippen molar-refractivity contribution in [1.82, 2.24) is 15.0 Å². The maximum atomic E-state index is 5.72. The molecule has 16 heavy (non-hydrogen) atoms. The summed E-state index contributed by atoms with van der Waals surface area (Å²) in [5, 5.41) is 0. The minimum atomic E-state index is 0.289. The van der Waals surface area contributed by atoms with Crippen LogP contribution in [0.5, 0.6) is 5.75 Å². The molecule has 2 heterocycles. The lowest BCUT2D eigenvalue weighted by Gasteiger charge is -2.06. The third-order valence-corrected chi connectivity index (χ3v) is 1.87. The first-order valence-corrected chi connectivity index (χ1v) is 4.96. The van der Waals surface area contributed by atoms with Gasteiger partial charge < -0.3 is 14.9 Å². The molecular formula is C10H12N4O2. The molecule has 0 aliphatic heterocycles. The van der Waals surface area contributed by atoms with Gasteiger partial charge >= 0.3 is 0 Å². The minimum Gasteiger partial charge on any atom is -0.488 e. The fraction of sp³-hybridized carbons (Fsp3) is 0.300. The number of ether oxygens (including phenoxy) is 1. The zero-order valence-corrected chi connectivity index (χ0v) is 8.88. The average molecular weight is 220 g/mol. The average Bonchev–Trinajstić information content (AvgIpc) is 2.81. The van der Waals surface area contributed by atoms with Crippen LogP contribution >= 0.6 is 0 Å². The first kappa shape index (κ1) is 10.4. The van der Waals surface area contributed by atoms with E-state index in [1.54, 1.807) is 0 Å². The second-order valence-corrected chi connectivity index (χ2v) is 3.13. The number of hydrogen-bond acceptors (Lipinski definition) is 6. The van der Waals surface area contributed by atoms with E-state index < -0.39 is 0 Å². The number of aromatic nitrogens is 3. The lowest BCUT2D eigenvalue weighted by atomic mass is 10.4. The minimum absolute atomic E-state index is 0.289. The van der Waals surface area contributed by atoms with Crippen molar-refractivity contribution in [3.8, 4) is 17.5 Å². The third-order valence-electron chi connectivity index (χ3n) is 1.87. The normalized spacial score (nSPS) is 10.3. The molecule has 0 fully saturated rings. The Morgan fingerprint density at radius 1 is 1.44 bits per heavy atom. The zero-order valence-electron chi connectivity index (χ0n) is 8.88. The van der Waals surface area contributed by atoms with Crippen molar-refractivity contribution in [2.24, 2.45) is 0 Å². The number of rotatable bonds is 4. The highest BCUT2D eigenvalue weighted by Gasteiger charge is 2.09. The largest absolute Gasteiger partial charge is 0.488 e. The van der Waals surface area contributed by atoms with Crippen LogP contribution in [0.4, 0.5) is 5.82 Å². The van der Waals surface area contributed by atoms with Gasteiger partial charge in [-0.2, -0.15) is 0 Å². The topological polar surface area (TPSA) is 87.1 Å². The van der Waals surface area contributed by atoms with E-state index in [4.69, 9.17) is 14.9 Å². The Morgan fingerprint density at radius 2 is 2.31 bits per heavy atom. The molecule has 0 aliphatic carbocycles. The van der Waals surface area contributed by atoms with Crippen molar-refractivity contribution in [3.63, 3.8) is 0 Å². The Morgan fingerprint density at radius 3 is 2.94 bits per heavy atom. The number of nitrogen functional groups attached to an aromatic ring is 1. The van der Waals surface area contributed by atoms with Crippen LogP contribution in [0.25, 0.3) is 11.7 Å². The van der Waals surface area contributed by atoms with Crippen LogP contribution in [0.15, 0.2) is 23.1 Å². The van der Waals surface area contributed by atoms with Gasteiger partial charge in [-0.3, -0.25) is 0 Å². The van der Waals surface area contributed by atoms with Crippen LogP contribution in [-0.2, 0) is 0 Å². The molecule has 0 amide bonds. The predicted octanol–water partition coefficient (Wildman–Crippen LogP) is 1.50. The molecule has 0 bridgehead atoms. The summed E-state index contributed by atoms with van der Waals surface area (Å²) in [5.74, 6) is 1.47. The van der Waals surface area contributed by atoms with Crippen molar-refractivity contribution < 1.29 is 9.15 Å². The maximum Gasteiger partial charge on any atom is 0.264 e. The summed E-state index contributed by atoms with van der Waals surface area (Å²) in [6.45, 7) is 2.60. The van der Waals surface area contributed by atoms with Crippen LogP contribution in [0.2, 0.25) is 0 Å². The van der Waals surface area contributed by atoms with Gasteiger partial charge in [-0.25, -0.2) is 15.0 Å². The van der Waals surface area contributed by atoms with E-state index in [2.05, 4.69) is 15.0 Å². The molecule has 0 unspecified atom stereocenters. The van der Waals surface area contributed by atoms with Gasteiger partial charge in [0.25, 0.3) is 5.89 Å². The smallest absolute Gasteiger partial charge is 0.264 e. The van der Waals surface area contributed by atoms with E-state index in [-0.39, 0.29) is 5.82 Å². The van der Waals surface area contributed by atoms with Crippen LogP contribution in [0.1, 0.15) is 13.3 Å². The second-order valence-electron chi connectivity index (χ2n) is 3.13.